The molecule has 0 aliphatic rings. The fourth-order valence-electron chi connectivity index (χ4n) is 4.74. The summed E-state index contributed by atoms with van der Waals surface area (Å²) in [4.78, 5) is 0. The Hall–Kier alpha value is -2.95. The van der Waals surface area contributed by atoms with Gasteiger partial charge in [-0.2, -0.15) is 0 Å². The van der Waals surface area contributed by atoms with E-state index in [9.17, 15) is 0 Å². The first-order valence-corrected chi connectivity index (χ1v) is 18.7. The molecule has 0 saturated heterocycles. The van der Waals surface area contributed by atoms with Gasteiger partial charge in [0.1, 0.15) is 11.5 Å². The van der Waals surface area contributed by atoms with Gasteiger partial charge in [-0.25, -0.2) is 0 Å². The SMILES string of the molecule is [Cl][Ni][Cl].c1ccc(P(c2ccccc2)c2ccccc2Oc2ccccc2P(c2ccccc2)c2ccccc2)cc1. The minimum atomic E-state index is -0.795. The number of rotatable bonds is 8. The average molecular weight is 668 g/mol. The van der Waals surface area contributed by atoms with Crippen molar-refractivity contribution in [2.24, 2.45) is 0 Å². The summed E-state index contributed by atoms with van der Waals surface area (Å²) in [6.45, 7) is 0. The molecule has 0 aliphatic heterocycles. The molecule has 6 rings (SSSR count). The minimum Gasteiger partial charge on any atom is -0.456 e. The molecule has 0 N–H and O–H groups in total. The van der Waals surface area contributed by atoms with E-state index in [1.165, 1.54) is 31.8 Å². The Morgan fingerprint density at radius 2 is 0.595 bits per heavy atom. The Kier molecular flexibility index (Phi) is 11.7. The summed E-state index contributed by atoms with van der Waals surface area (Å²) >= 11 is 0.569. The molecular weight excluding hydrogens is 640 g/mol. The maximum absolute atomic E-state index is 6.92. The Labute approximate surface area is 265 Å². The maximum Gasteiger partial charge on any atom is 0.135 e. The molecule has 0 atom stereocenters. The van der Waals surface area contributed by atoms with Crippen LogP contribution in [0.3, 0.4) is 0 Å². The standard InChI is InChI=1S/C36H28OP2.2ClH.Ni/c1-5-17-29(18-6-1)38(30-19-7-2-8-20-30)35-27-15-13-25-33(35)37-34-26-14-16-28-36(34)39(31-21-9-3-10-22-31)32-23-11-4-12-24-32;;;/h1-28H;2*1H;/q;;;+2/p-2. The van der Waals surface area contributed by atoms with Gasteiger partial charge in [-0.3, -0.25) is 0 Å². The van der Waals surface area contributed by atoms with Crippen molar-refractivity contribution >= 4 is 68.1 Å². The molecule has 6 aromatic rings. The quantitative estimate of drug-likeness (QED) is 0.117. The molecule has 0 unspecified atom stereocenters. The van der Waals surface area contributed by atoms with Crippen LogP contribution in [-0.2, 0) is 12.7 Å². The van der Waals surface area contributed by atoms with Crippen molar-refractivity contribution in [2.45, 2.75) is 0 Å². The van der Waals surface area contributed by atoms with Gasteiger partial charge in [0.05, 0.1) is 0 Å². The predicted octanol–water partition coefficient (Wildman–Crippen LogP) is 8.37. The molecule has 0 spiro atoms. The molecule has 0 bridgehead atoms. The molecule has 0 amide bonds. The largest absolute Gasteiger partial charge is 0.456 e. The first kappa shape index (κ1) is 30.5. The molecule has 0 saturated carbocycles. The number of para-hydroxylation sites is 2. The Bertz CT molecular complexity index is 1450. The molecule has 0 radical (unpaired) electrons. The molecule has 0 aromatic heterocycles. The monoisotopic (exact) mass is 666 g/mol. The average Bonchev–Trinajstić information content (AvgIpc) is 3.05. The Balaban J connectivity index is 0.00000113. The molecule has 42 heavy (non-hydrogen) atoms. The molecule has 0 heterocycles. The van der Waals surface area contributed by atoms with Crippen LogP contribution in [-0.4, -0.2) is 0 Å². The summed E-state index contributed by atoms with van der Waals surface area (Å²) in [7, 11) is 7.81. The molecule has 212 valence electrons. The third kappa shape index (κ3) is 7.71. The van der Waals surface area contributed by atoms with Crippen molar-refractivity contribution in [2.75, 3.05) is 0 Å². The fourth-order valence-corrected chi connectivity index (χ4v) is 9.48. The Morgan fingerprint density at radius 1 is 0.357 bits per heavy atom. The third-order valence-electron chi connectivity index (χ3n) is 6.49. The van der Waals surface area contributed by atoms with Crippen LogP contribution in [0.1, 0.15) is 0 Å². The molecule has 6 heteroatoms. The number of hydrogen-bond donors (Lipinski definition) is 0. The van der Waals surface area contributed by atoms with Crippen LogP contribution in [0.25, 0.3) is 0 Å². The van der Waals surface area contributed by atoms with Gasteiger partial charge < -0.3 is 4.74 Å². The van der Waals surface area contributed by atoms with Gasteiger partial charge in [0.25, 0.3) is 0 Å². The second-order valence-corrected chi connectivity index (χ2v) is 15.1. The van der Waals surface area contributed by atoms with Gasteiger partial charge >= 0.3 is 33.0 Å². The van der Waals surface area contributed by atoms with Gasteiger partial charge in [-0.05, 0) is 49.2 Å². The van der Waals surface area contributed by atoms with Crippen molar-refractivity contribution in [3.05, 3.63) is 170 Å². The van der Waals surface area contributed by atoms with E-state index < -0.39 is 15.8 Å². The smallest absolute Gasteiger partial charge is 0.135 e. The summed E-state index contributed by atoms with van der Waals surface area (Å²) in [5.74, 6) is 1.81. The minimum absolute atomic E-state index is 0.569. The van der Waals surface area contributed by atoms with Gasteiger partial charge in [-0.15, -0.1) is 0 Å². The van der Waals surface area contributed by atoms with Crippen LogP contribution < -0.4 is 36.6 Å². The fraction of sp³-hybridized carbons (Fsp3) is 0. The summed E-state index contributed by atoms with van der Waals surface area (Å²) < 4.78 is 6.92. The van der Waals surface area contributed by atoms with E-state index in [1.807, 2.05) is 0 Å². The zero-order chi connectivity index (χ0) is 29.0. The van der Waals surface area contributed by atoms with E-state index >= 15 is 0 Å². The van der Waals surface area contributed by atoms with E-state index in [1.54, 1.807) is 0 Å². The molecule has 1 nitrogen and oxygen atoms in total. The van der Waals surface area contributed by atoms with Gasteiger partial charge in [-0.1, -0.05) is 158 Å². The van der Waals surface area contributed by atoms with Crippen LogP contribution in [0.15, 0.2) is 170 Å². The zero-order valence-electron chi connectivity index (χ0n) is 22.5. The van der Waals surface area contributed by atoms with Crippen LogP contribution >= 0.6 is 36.2 Å². The number of hydrogen-bond acceptors (Lipinski definition) is 1. The first-order chi connectivity index (χ1) is 20.8. The van der Waals surface area contributed by atoms with E-state index in [4.69, 9.17) is 25.1 Å². The Morgan fingerprint density at radius 3 is 0.881 bits per heavy atom. The molecule has 0 aliphatic carbocycles. The van der Waals surface area contributed by atoms with Crippen LogP contribution in [0.5, 0.6) is 11.5 Å². The van der Waals surface area contributed by atoms with Crippen LogP contribution in [0, 0.1) is 0 Å². The molecule has 0 fully saturated rings. The number of benzene rings is 6. The van der Waals surface area contributed by atoms with Crippen molar-refractivity contribution in [3.63, 3.8) is 0 Å². The predicted molar refractivity (Wildman–Crippen MR) is 182 cm³/mol. The van der Waals surface area contributed by atoms with E-state index in [0.717, 1.165) is 11.5 Å². The van der Waals surface area contributed by atoms with Crippen LogP contribution in [0.4, 0.5) is 0 Å². The zero-order valence-corrected chi connectivity index (χ0v) is 26.8. The van der Waals surface area contributed by atoms with E-state index in [0.29, 0.717) is 12.7 Å². The summed E-state index contributed by atoms with van der Waals surface area (Å²) in [5.41, 5.74) is 0. The number of halogens is 2. The summed E-state index contributed by atoms with van der Waals surface area (Å²) in [6.07, 6.45) is 0. The summed E-state index contributed by atoms with van der Waals surface area (Å²) in [5, 5.41) is 7.64. The maximum atomic E-state index is 6.92. The van der Waals surface area contributed by atoms with Crippen LogP contribution in [0.2, 0.25) is 0 Å². The van der Waals surface area contributed by atoms with Gasteiger partial charge in [0, 0.05) is 10.6 Å². The second-order valence-electron chi connectivity index (χ2n) is 9.10. The van der Waals surface area contributed by atoms with Gasteiger partial charge in [0.15, 0.2) is 0 Å². The van der Waals surface area contributed by atoms with Crippen molar-refractivity contribution in [1.29, 1.82) is 0 Å². The van der Waals surface area contributed by atoms with Gasteiger partial charge in [0.2, 0.25) is 0 Å². The topological polar surface area (TPSA) is 9.23 Å². The van der Waals surface area contributed by atoms with E-state index in [2.05, 4.69) is 170 Å². The second kappa shape index (κ2) is 16.1. The third-order valence-corrected chi connectivity index (χ3v) is 11.5. The van der Waals surface area contributed by atoms with E-state index in [-0.39, 0.29) is 0 Å². The van der Waals surface area contributed by atoms with Crippen molar-refractivity contribution < 1.29 is 17.4 Å². The summed E-state index contributed by atoms with van der Waals surface area (Å²) in [6, 6.07) is 60.2. The molecule has 6 aromatic carbocycles. The normalized spacial score (nSPS) is 10.8. The first-order valence-electron chi connectivity index (χ1n) is 13.3. The number of ether oxygens (including phenoxy) is 1. The molecular formula is C36H28Cl2NiOP2. The van der Waals surface area contributed by atoms with Crippen molar-refractivity contribution in [1.82, 2.24) is 0 Å². The van der Waals surface area contributed by atoms with Crippen molar-refractivity contribution in [3.8, 4) is 11.5 Å².